The van der Waals surface area contributed by atoms with Gasteiger partial charge in [-0.05, 0) is 50.1 Å². The van der Waals surface area contributed by atoms with Gasteiger partial charge in [0.2, 0.25) is 5.91 Å². The molecule has 9 nitrogen and oxygen atoms in total. The Morgan fingerprint density at radius 2 is 1.72 bits per heavy atom. The van der Waals surface area contributed by atoms with E-state index in [1.165, 1.54) is 18.2 Å². The Labute approximate surface area is 225 Å². The topological polar surface area (TPSA) is 91.2 Å². The molecule has 12 heteroatoms. The standard InChI is InChI=1S/C27H34F3N5O4/c1-2-39-25-19-22(5-8-24(25)35(37)38)31-21-9-13-34(14-10-21)26(36)11-12-32-15-17-33(18-16-32)23-6-3-20(4-7-23)27(28,29)30/h3-8,19,21,31H,2,9-18H2,1H3. The molecule has 0 spiro atoms. The van der Waals surface area contributed by atoms with E-state index in [0.717, 1.165) is 49.4 Å². The summed E-state index contributed by atoms with van der Waals surface area (Å²) >= 11 is 0. The summed E-state index contributed by atoms with van der Waals surface area (Å²) in [6, 6.07) is 10.2. The summed E-state index contributed by atoms with van der Waals surface area (Å²) in [6.45, 7) is 6.94. The van der Waals surface area contributed by atoms with Crippen LogP contribution in [0.4, 0.5) is 30.2 Å². The SMILES string of the molecule is CCOc1cc(NC2CCN(C(=O)CCN3CCN(c4ccc(C(F)(F)F)cc4)CC3)CC2)ccc1[N+](=O)[O-]. The molecule has 4 rings (SSSR count). The van der Waals surface area contributed by atoms with Crippen LogP contribution in [-0.2, 0) is 11.0 Å². The largest absolute Gasteiger partial charge is 0.487 e. The predicted octanol–water partition coefficient (Wildman–Crippen LogP) is 4.63. The molecule has 2 heterocycles. The number of likely N-dealkylation sites (tertiary alicyclic amines) is 1. The number of hydrogen-bond acceptors (Lipinski definition) is 7. The van der Waals surface area contributed by atoms with E-state index in [1.54, 1.807) is 19.1 Å². The molecule has 0 radical (unpaired) electrons. The lowest BCUT2D eigenvalue weighted by atomic mass is 10.0. The van der Waals surface area contributed by atoms with Gasteiger partial charge in [-0.1, -0.05) is 0 Å². The van der Waals surface area contributed by atoms with Crippen LogP contribution in [0.15, 0.2) is 42.5 Å². The van der Waals surface area contributed by atoms with Gasteiger partial charge in [0.05, 0.1) is 17.1 Å². The van der Waals surface area contributed by atoms with Gasteiger partial charge in [-0.15, -0.1) is 0 Å². The van der Waals surface area contributed by atoms with Crippen molar-refractivity contribution in [3.8, 4) is 5.75 Å². The number of amides is 1. The summed E-state index contributed by atoms with van der Waals surface area (Å²) in [7, 11) is 0. The number of piperazine rings is 1. The van der Waals surface area contributed by atoms with E-state index in [1.807, 2.05) is 4.90 Å². The van der Waals surface area contributed by atoms with Crippen molar-refractivity contribution in [2.45, 2.75) is 38.4 Å². The molecule has 0 atom stereocenters. The van der Waals surface area contributed by atoms with Crippen molar-refractivity contribution in [3.63, 3.8) is 0 Å². The highest BCUT2D eigenvalue weighted by atomic mass is 19.4. The van der Waals surface area contributed by atoms with Crippen LogP contribution in [0.3, 0.4) is 0 Å². The van der Waals surface area contributed by atoms with Crippen LogP contribution in [-0.4, -0.2) is 79.1 Å². The van der Waals surface area contributed by atoms with Crippen LogP contribution in [0.1, 0.15) is 31.7 Å². The van der Waals surface area contributed by atoms with Gasteiger partial charge in [0.1, 0.15) is 0 Å². The fourth-order valence-electron chi connectivity index (χ4n) is 5.04. The van der Waals surface area contributed by atoms with E-state index in [-0.39, 0.29) is 23.4 Å². The van der Waals surface area contributed by atoms with Crippen LogP contribution in [0.25, 0.3) is 0 Å². The summed E-state index contributed by atoms with van der Waals surface area (Å²) < 4.78 is 43.8. The summed E-state index contributed by atoms with van der Waals surface area (Å²) in [4.78, 5) is 29.7. The zero-order valence-electron chi connectivity index (χ0n) is 22.0. The second kappa shape index (κ2) is 12.5. The van der Waals surface area contributed by atoms with Gasteiger partial charge in [-0.3, -0.25) is 19.8 Å². The number of hydrogen-bond donors (Lipinski definition) is 1. The monoisotopic (exact) mass is 549 g/mol. The van der Waals surface area contributed by atoms with E-state index in [9.17, 15) is 28.1 Å². The normalized spacial score (nSPS) is 17.2. The fraction of sp³-hybridized carbons (Fsp3) is 0.519. The van der Waals surface area contributed by atoms with Gasteiger partial charge in [0, 0.05) is 81.8 Å². The number of nitrogens with zero attached hydrogens (tertiary/aromatic N) is 4. The minimum absolute atomic E-state index is 0.0659. The van der Waals surface area contributed by atoms with Crippen molar-refractivity contribution >= 4 is 23.0 Å². The van der Waals surface area contributed by atoms with E-state index < -0.39 is 16.7 Å². The van der Waals surface area contributed by atoms with Crippen LogP contribution in [0.5, 0.6) is 5.75 Å². The Morgan fingerprint density at radius 3 is 2.31 bits per heavy atom. The lowest BCUT2D eigenvalue weighted by Gasteiger charge is -2.37. The van der Waals surface area contributed by atoms with Crippen molar-refractivity contribution in [1.82, 2.24) is 9.80 Å². The number of nitro groups is 1. The van der Waals surface area contributed by atoms with Gasteiger partial charge < -0.3 is 19.9 Å². The van der Waals surface area contributed by atoms with Crippen molar-refractivity contribution in [2.24, 2.45) is 0 Å². The number of alkyl halides is 3. The third-order valence-corrected chi connectivity index (χ3v) is 7.25. The predicted molar refractivity (Wildman–Crippen MR) is 142 cm³/mol. The number of halogens is 3. The number of benzene rings is 2. The van der Waals surface area contributed by atoms with Gasteiger partial charge in [-0.25, -0.2) is 0 Å². The number of nitro benzene ring substituents is 1. The third kappa shape index (κ3) is 7.53. The first-order valence-electron chi connectivity index (χ1n) is 13.2. The number of carbonyl (C=O) groups excluding carboxylic acids is 1. The average Bonchev–Trinajstić information content (AvgIpc) is 2.92. The molecule has 2 aliphatic heterocycles. The first-order valence-corrected chi connectivity index (χ1v) is 13.2. The second-order valence-electron chi connectivity index (χ2n) is 9.80. The van der Waals surface area contributed by atoms with Crippen LogP contribution in [0.2, 0.25) is 0 Å². The number of ether oxygens (including phenoxy) is 1. The van der Waals surface area contributed by atoms with Crippen LogP contribution >= 0.6 is 0 Å². The lowest BCUT2D eigenvalue weighted by molar-refractivity contribution is -0.385. The highest BCUT2D eigenvalue weighted by molar-refractivity contribution is 5.76. The molecule has 0 bridgehead atoms. The zero-order chi connectivity index (χ0) is 28.0. The maximum Gasteiger partial charge on any atom is 0.416 e. The summed E-state index contributed by atoms with van der Waals surface area (Å²) in [5.41, 5.74) is 0.816. The molecule has 39 heavy (non-hydrogen) atoms. The lowest BCUT2D eigenvalue weighted by Crippen LogP contribution is -2.48. The molecule has 1 N–H and O–H groups in total. The summed E-state index contributed by atoms with van der Waals surface area (Å²) in [5, 5.41) is 14.6. The first kappa shape index (κ1) is 28.5. The number of piperidine rings is 1. The maximum absolute atomic E-state index is 12.8. The second-order valence-corrected chi connectivity index (χ2v) is 9.80. The summed E-state index contributed by atoms with van der Waals surface area (Å²) in [6.07, 6.45) is -2.36. The molecule has 2 aromatic rings. The third-order valence-electron chi connectivity index (χ3n) is 7.25. The minimum Gasteiger partial charge on any atom is -0.487 e. The van der Waals surface area contributed by atoms with E-state index in [0.29, 0.717) is 45.8 Å². The number of anilines is 2. The maximum atomic E-state index is 12.8. The van der Waals surface area contributed by atoms with Gasteiger partial charge in [0.25, 0.3) is 0 Å². The molecule has 2 aromatic carbocycles. The fourth-order valence-corrected chi connectivity index (χ4v) is 5.04. The van der Waals surface area contributed by atoms with Crippen molar-refractivity contribution in [2.75, 3.05) is 62.6 Å². The Morgan fingerprint density at radius 1 is 1.05 bits per heavy atom. The molecule has 2 fully saturated rings. The van der Waals surface area contributed by atoms with E-state index >= 15 is 0 Å². The van der Waals surface area contributed by atoms with Crippen molar-refractivity contribution in [3.05, 3.63) is 58.1 Å². The Hall–Kier alpha value is -3.54. The minimum atomic E-state index is -4.34. The number of carbonyl (C=O) groups is 1. The smallest absolute Gasteiger partial charge is 0.416 e. The van der Waals surface area contributed by atoms with Crippen molar-refractivity contribution in [1.29, 1.82) is 0 Å². The molecule has 0 aromatic heterocycles. The number of nitrogens with one attached hydrogen (secondary N) is 1. The molecule has 0 aliphatic carbocycles. The highest BCUT2D eigenvalue weighted by Crippen LogP contribution is 2.32. The zero-order valence-corrected chi connectivity index (χ0v) is 22.0. The van der Waals surface area contributed by atoms with Crippen LogP contribution < -0.4 is 15.0 Å². The Kier molecular flexibility index (Phi) is 9.16. The number of rotatable bonds is 9. The Balaban J connectivity index is 1.17. The quantitative estimate of drug-likeness (QED) is 0.360. The van der Waals surface area contributed by atoms with Crippen LogP contribution in [0, 0.1) is 10.1 Å². The Bertz CT molecular complexity index is 1130. The van der Waals surface area contributed by atoms with E-state index in [4.69, 9.17) is 4.74 Å². The van der Waals surface area contributed by atoms with Crippen molar-refractivity contribution < 1.29 is 27.6 Å². The van der Waals surface area contributed by atoms with E-state index in [2.05, 4.69) is 15.1 Å². The molecule has 2 saturated heterocycles. The van der Waals surface area contributed by atoms with Gasteiger partial charge >= 0.3 is 11.9 Å². The molecule has 2 aliphatic rings. The molecule has 212 valence electrons. The molecular formula is C27H34F3N5O4. The molecule has 0 unspecified atom stereocenters. The molecule has 1 amide bonds. The van der Waals surface area contributed by atoms with Gasteiger partial charge in [-0.2, -0.15) is 13.2 Å². The molecule has 0 saturated carbocycles. The summed E-state index contributed by atoms with van der Waals surface area (Å²) in [5.74, 6) is 0.355. The van der Waals surface area contributed by atoms with Gasteiger partial charge in [0.15, 0.2) is 5.75 Å². The highest BCUT2D eigenvalue weighted by Gasteiger charge is 2.30. The molecular weight excluding hydrogens is 515 g/mol. The average molecular weight is 550 g/mol. The first-order chi connectivity index (χ1) is 18.6.